The van der Waals surface area contributed by atoms with E-state index in [1.807, 2.05) is 26.0 Å². The molecule has 1 aliphatic rings. The summed E-state index contributed by atoms with van der Waals surface area (Å²) in [6.45, 7) is 4.09. The number of benzene rings is 2. The van der Waals surface area contributed by atoms with E-state index in [1.165, 1.54) is 0 Å². The Morgan fingerprint density at radius 2 is 2.05 bits per heavy atom. The predicted octanol–water partition coefficient (Wildman–Crippen LogP) is 2.84. The number of rotatable bonds is 2. The van der Waals surface area contributed by atoms with E-state index in [9.17, 15) is 10.3 Å². The minimum Gasteiger partial charge on any atom is -0.456 e. The Labute approximate surface area is 134 Å². The summed E-state index contributed by atoms with van der Waals surface area (Å²) in [5, 5.41) is 19.5. The molecule has 0 atom stereocenters. The first kappa shape index (κ1) is 14.9. The quantitative estimate of drug-likeness (QED) is 0.866. The van der Waals surface area contributed by atoms with E-state index in [0.717, 1.165) is 22.2 Å². The van der Waals surface area contributed by atoms with Crippen molar-refractivity contribution in [2.75, 3.05) is 0 Å². The van der Waals surface area contributed by atoms with Crippen LogP contribution in [0.25, 0.3) is 0 Å². The molecule has 2 aromatic carbocycles. The molecule has 4 nitrogen and oxygen atoms in total. The lowest BCUT2D eigenvalue weighted by Gasteiger charge is -2.12. The van der Waals surface area contributed by atoms with Gasteiger partial charge in [0.05, 0.1) is 12.2 Å². The van der Waals surface area contributed by atoms with E-state index < -0.39 is 7.12 Å². The molecule has 6 heteroatoms. The van der Waals surface area contributed by atoms with Crippen LogP contribution in [0.2, 0.25) is 5.02 Å². The number of nitriles is 1. The second-order valence-electron chi connectivity index (χ2n) is 5.29. The van der Waals surface area contributed by atoms with Crippen molar-refractivity contribution in [3.8, 4) is 17.6 Å². The molecule has 0 aliphatic carbocycles. The van der Waals surface area contributed by atoms with E-state index in [-0.39, 0.29) is 0 Å². The molecule has 0 spiro atoms. The van der Waals surface area contributed by atoms with Crippen molar-refractivity contribution in [1.82, 2.24) is 0 Å². The molecule has 22 heavy (non-hydrogen) atoms. The highest BCUT2D eigenvalue weighted by Crippen LogP contribution is 2.31. The molecule has 0 aromatic heterocycles. The monoisotopic (exact) mass is 313 g/mol. The largest absolute Gasteiger partial charge is 0.492 e. The third-order valence-corrected chi connectivity index (χ3v) is 4.11. The molecule has 110 valence electrons. The van der Waals surface area contributed by atoms with Gasteiger partial charge in [-0.25, -0.2) is 0 Å². The van der Waals surface area contributed by atoms with E-state index >= 15 is 0 Å². The third-order valence-electron chi connectivity index (χ3n) is 3.70. The zero-order valence-electron chi connectivity index (χ0n) is 12.2. The predicted molar refractivity (Wildman–Crippen MR) is 84.6 cm³/mol. The summed E-state index contributed by atoms with van der Waals surface area (Å²) < 4.78 is 11.1. The molecule has 3 rings (SSSR count). The topological polar surface area (TPSA) is 62.5 Å². The minimum atomic E-state index is -0.878. The molecule has 0 saturated carbocycles. The van der Waals surface area contributed by atoms with Crippen molar-refractivity contribution < 1.29 is 14.4 Å². The van der Waals surface area contributed by atoms with Gasteiger partial charge in [-0.3, -0.25) is 0 Å². The van der Waals surface area contributed by atoms with Gasteiger partial charge < -0.3 is 14.4 Å². The Morgan fingerprint density at radius 1 is 1.27 bits per heavy atom. The van der Waals surface area contributed by atoms with Gasteiger partial charge in [0.25, 0.3) is 0 Å². The third kappa shape index (κ3) is 2.57. The second kappa shape index (κ2) is 5.66. The zero-order chi connectivity index (χ0) is 15.9. The Kier molecular flexibility index (Phi) is 3.84. The summed E-state index contributed by atoms with van der Waals surface area (Å²) in [7, 11) is -0.878. The van der Waals surface area contributed by atoms with Crippen molar-refractivity contribution >= 4 is 24.2 Å². The van der Waals surface area contributed by atoms with E-state index in [2.05, 4.69) is 6.07 Å². The fourth-order valence-corrected chi connectivity index (χ4v) is 2.74. The summed E-state index contributed by atoms with van der Waals surface area (Å²) in [6, 6.07) is 9.07. The smallest absolute Gasteiger partial charge is 0.456 e. The number of aryl methyl sites for hydroxylation is 2. The fourth-order valence-electron chi connectivity index (χ4n) is 2.57. The van der Waals surface area contributed by atoms with E-state index in [0.29, 0.717) is 28.7 Å². The maximum Gasteiger partial charge on any atom is 0.492 e. The summed E-state index contributed by atoms with van der Waals surface area (Å²) in [6.07, 6.45) is 0. The lowest BCUT2D eigenvalue weighted by Crippen LogP contribution is -2.30. The normalized spacial score (nSPS) is 13.0. The molecule has 0 unspecified atom stereocenters. The minimum absolute atomic E-state index is 0.347. The van der Waals surface area contributed by atoms with Crippen LogP contribution in [0, 0.1) is 25.2 Å². The van der Waals surface area contributed by atoms with Crippen LogP contribution in [0.3, 0.4) is 0 Å². The molecule has 1 N–H and O–H groups in total. The van der Waals surface area contributed by atoms with Crippen molar-refractivity contribution in [2.45, 2.75) is 20.5 Å². The molecular formula is C16H13BClNO3. The van der Waals surface area contributed by atoms with Gasteiger partial charge in [-0.15, -0.1) is 0 Å². The number of halogens is 1. The molecule has 0 amide bonds. The van der Waals surface area contributed by atoms with Crippen molar-refractivity contribution in [3.63, 3.8) is 0 Å². The lowest BCUT2D eigenvalue weighted by molar-refractivity contribution is 0.275. The van der Waals surface area contributed by atoms with Gasteiger partial charge in [0.1, 0.15) is 17.6 Å². The summed E-state index contributed by atoms with van der Waals surface area (Å²) in [5.41, 5.74) is 3.80. The number of fused-ring (bicyclic) bond motifs is 1. The highest BCUT2D eigenvalue weighted by molar-refractivity contribution is 6.62. The van der Waals surface area contributed by atoms with Gasteiger partial charge in [0.15, 0.2) is 0 Å². The molecular weight excluding hydrogens is 300 g/mol. The zero-order valence-corrected chi connectivity index (χ0v) is 12.9. The standard InChI is InChI=1S/C16H13BClNO3/c1-9-4-15(11(7-19)6-14(9)18)22-13-3-10(2)16-12(5-13)8-21-17(16)20/h3-6,20H,8H2,1-2H3. The average molecular weight is 314 g/mol. The fraction of sp³-hybridized carbons (Fsp3) is 0.188. The van der Waals surface area contributed by atoms with Crippen LogP contribution in [-0.4, -0.2) is 12.1 Å². The molecule has 0 saturated heterocycles. The molecule has 0 bridgehead atoms. The maximum absolute atomic E-state index is 9.77. The van der Waals surface area contributed by atoms with Gasteiger partial charge in [-0.2, -0.15) is 5.26 Å². The first-order chi connectivity index (χ1) is 10.5. The summed E-state index contributed by atoms with van der Waals surface area (Å²) >= 11 is 6.03. The number of ether oxygens (including phenoxy) is 1. The number of hydrogen-bond acceptors (Lipinski definition) is 4. The average Bonchev–Trinajstić information content (AvgIpc) is 2.84. The summed E-state index contributed by atoms with van der Waals surface area (Å²) in [4.78, 5) is 0. The second-order valence-corrected chi connectivity index (χ2v) is 5.69. The van der Waals surface area contributed by atoms with Crippen molar-refractivity contribution in [3.05, 3.63) is 51.5 Å². The van der Waals surface area contributed by atoms with Gasteiger partial charge in [-0.05, 0) is 60.3 Å². The maximum atomic E-state index is 9.77. The van der Waals surface area contributed by atoms with Gasteiger partial charge >= 0.3 is 7.12 Å². The first-order valence-electron chi connectivity index (χ1n) is 6.81. The van der Waals surface area contributed by atoms with Crippen LogP contribution in [0.15, 0.2) is 24.3 Å². The molecule has 1 aliphatic heterocycles. The van der Waals surface area contributed by atoms with Crippen LogP contribution in [0.1, 0.15) is 22.3 Å². The van der Waals surface area contributed by atoms with Crippen molar-refractivity contribution in [2.24, 2.45) is 0 Å². The molecule has 1 heterocycles. The highest BCUT2D eigenvalue weighted by Gasteiger charge is 2.29. The van der Waals surface area contributed by atoms with Crippen LogP contribution in [-0.2, 0) is 11.3 Å². The van der Waals surface area contributed by atoms with Gasteiger partial charge in [-0.1, -0.05) is 11.6 Å². The Hall–Kier alpha value is -2.00. The molecule has 2 aromatic rings. The van der Waals surface area contributed by atoms with Crippen LogP contribution in [0.4, 0.5) is 0 Å². The molecule has 0 radical (unpaired) electrons. The lowest BCUT2D eigenvalue weighted by atomic mass is 9.76. The first-order valence-corrected chi connectivity index (χ1v) is 7.18. The highest BCUT2D eigenvalue weighted by atomic mass is 35.5. The van der Waals surface area contributed by atoms with Gasteiger partial charge in [0, 0.05) is 5.02 Å². The van der Waals surface area contributed by atoms with E-state index in [4.69, 9.17) is 21.0 Å². The molecule has 0 fully saturated rings. The Balaban J connectivity index is 2.00. The van der Waals surface area contributed by atoms with Gasteiger partial charge in [0.2, 0.25) is 0 Å². The van der Waals surface area contributed by atoms with Crippen molar-refractivity contribution in [1.29, 1.82) is 5.26 Å². The Bertz CT molecular complexity index is 801. The van der Waals surface area contributed by atoms with Crippen LogP contribution >= 0.6 is 11.6 Å². The Morgan fingerprint density at radius 3 is 2.77 bits per heavy atom. The number of nitrogens with zero attached hydrogens (tertiary/aromatic N) is 1. The van der Waals surface area contributed by atoms with Crippen LogP contribution < -0.4 is 10.2 Å². The number of hydrogen-bond donors (Lipinski definition) is 1. The van der Waals surface area contributed by atoms with Crippen LogP contribution in [0.5, 0.6) is 11.5 Å². The summed E-state index contributed by atoms with van der Waals surface area (Å²) in [5.74, 6) is 1.07. The SMILES string of the molecule is Cc1cc(Oc2cc(C)c3c(c2)COB3O)c(C#N)cc1Cl. The van der Waals surface area contributed by atoms with E-state index in [1.54, 1.807) is 12.1 Å².